The number of hydrogen-bond donors (Lipinski definition) is 1. The maximum absolute atomic E-state index is 11.5. The van der Waals surface area contributed by atoms with Crippen LogP contribution in [0.1, 0.15) is 30.9 Å². The second-order valence-corrected chi connectivity index (χ2v) is 4.10. The van der Waals surface area contributed by atoms with E-state index in [2.05, 4.69) is 6.58 Å². The lowest BCUT2D eigenvalue weighted by Crippen LogP contribution is -2.34. The number of hydrogen-bond acceptors (Lipinski definition) is 1. The number of aliphatic carboxylic acids is 1. The van der Waals surface area contributed by atoms with Gasteiger partial charge >= 0.3 is 5.97 Å². The first-order chi connectivity index (χ1) is 7.56. The Bertz CT molecular complexity index is 378. The molecule has 1 atom stereocenters. The van der Waals surface area contributed by atoms with Crippen molar-refractivity contribution in [2.45, 2.75) is 32.1 Å². The number of benzene rings is 1. The lowest BCUT2D eigenvalue weighted by Gasteiger charge is -2.27. The summed E-state index contributed by atoms with van der Waals surface area (Å²) in [7, 11) is 0. The number of carbonyl (C=O) groups is 1. The largest absolute Gasteiger partial charge is 0.481 e. The lowest BCUT2D eigenvalue weighted by molar-refractivity contribution is -0.144. The second kappa shape index (κ2) is 4.97. The fourth-order valence-corrected chi connectivity index (χ4v) is 1.95. The third-order valence-corrected chi connectivity index (χ3v) is 3.11. The molecular weight excluding hydrogens is 200 g/mol. The smallest absolute Gasteiger partial charge is 0.314 e. The third-order valence-electron chi connectivity index (χ3n) is 3.11. The summed E-state index contributed by atoms with van der Waals surface area (Å²) in [6, 6.07) is 7.70. The van der Waals surface area contributed by atoms with Crippen LogP contribution in [-0.4, -0.2) is 11.1 Å². The fourth-order valence-electron chi connectivity index (χ4n) is 1.95. The highest BCUT2D eigenvalue weighted by Gasteiger charge is 2.37. The summed E-state index contributed by atoms with van der Waals surface area (Å²) < 4.78 is 0. The first-order valence-corrected chi connectivity index (χ1v) is 5.48. The van der Waals surface area contributed by atoms with E-state index in [4.69, 9.17) is 0 Å². The van der Waals surface area contributed by atoms with Crippen LogP contribution >= 0.6 is 0 Å². The Kier molecular flexibility index (Phi) is 3.88. The lowest BCUT2D eigenvalue weighted by atomic mass is 9.75. The normalized spacial score (nSPS) is 14.1. The maximum Gasteiger partial charge on any atom is 0.314 e. The molecule has 0 saturated heterocycles. The van der Waals surface area contributed by atoms with Gasteiger partial charge in [0.2, 0.25) is 0 Å². The monoisotopic (exact) mass is 218 g/mol. The van der Waals surface area contributed by atoms with Crippen LogP contribution in [0.4, 0.5) is 0 Å². The van der Waals surface area contributed by atoms with Crippen molar-refractivity contribution in [2.24, 2.45) is 0 Å². The number of carboxylic acid groups (broad SMARTS) is 1. The molecule has 1 unspecified atom stereocenters. The Hall–Kier alpha value is -1.57. The fraction of sp³-hybridized carbons (Fsp3) is 0.357. The van der Waals surface area contributed by atoms with Gasteiger partial charge in [0.15, 0.2) is 0 Å². The van der Waals surface area contributed by atoms with Gasteiger partial charge in [-0.05, 0) is 25.3 Å². The summed E-state index contributed by atoms with van der Waals surface area (Å²) in [5.74, 6) is -0.779. The molecule has 0 bridgehead atoms. The summed E-state index contributed by atoms with van der Waals surface area (Å²) in [6.07, 6.45) is 2.71. The zero-order valence-corrected chi connectivity index (χ0v) is 9.86. The molecule has 1 aromatic carbocycles. The Morgan fingerprint density at radius 3 is 2.38 bits per heavy atom. The van der Waals surface area contributed by atoms with E-state index in [0.29, 0.717) is 12.8 Å². The predicted molar refractivity (Wildman–Crippen MR) is 65.6 cm³/mol. The minimum Gasteiger partial charge on any atom is -0.481 e. The van der Waals surface area contributed by atoms with E-state index in [9.17, 15) is 9.90 Å². The summed E-state index contributed by atoms with van der Waals surface area (Å²) in [6.45, 7) is 7.55. The molecule has 0 saturated carbocycles. The third kappa shape index (κ3) is 2.16. The molecule has 0 spiro atoms. The van der Waals surface area contributed by atoms with Crippen LogP contribution in [0.5, 0.6) is 0 Å². The van der Waals surface area contributed by atoms with Gasteiger partial charge in [0.05, 0.1) is 5.41 Å². The van der Waals surface area contributed by atoms with Crippen molar-refractivity contribution in [1.82, 2.24) is 0 Å². The van der Waals surface area contributed by atoms with Crippen LogP contribution in [-0.2, 0) is 10.2 Å². The van der Waals surface area contributed by atoms with Crippen molar-refractivity contribution in [2.75, 3.05) is 0 Å². The molecule has 2 heteroatoms. The maximum atomic E-state index is 11.5. The number of rotatable bonds is 5. The molecule has 0 aromatic heterocycles. The number of aryl methyl sites for hydroxylation is 1. The van der Waals surface area contributed by atoms with Crippen LogP contribution in [0.15, 0.2) is 36.9 Å². The molecule has 1 aromatic rings. The molecular formula is C14H18O2. The number of allylic oxidation sites excluding steroid dienone is 1. The molecule has 0 fully saturated rings. The molecule has 0 heterocycles. The van der Waals surface area contributed by atoms with Crippen molar-refractivity contribution in [3.63, 3.8) is 0 Å². The molecule has 2 nitrogen and oxygen atoms in total. The van der Waals surface area contributed by atoms with Crippen LogP contribution in [0, 0.1) is 6.92 Å². The van der Waals surface area contributed by atoms with Crippen LogP contribution in [0.2, 0.25) is 0 Å². The minimum atomic E-state index is -0.824. The van der Waals surface area contributed by atoms with Crippen molar-refractivity contribution >= 4 is 5.97 Å². The standard InChI is InChI=1S/C14H18O2/c1-4-10-14(5-2,13(15)16)12-8-6-11(3)7-9-12/h4,6-9H,1,5,10H2,2-3H3,(H,15,16). The summed E-state index contributed by atoms with van der Waals surface area (Å²) >= 11 is 0. The van der Waals surface area contributed by atoms with Gasteiger partial charge in [0.1, 0.15) is 0 Å². The van der Waals surface area contributed by atoms with Gasteiger partial charge in [0, 0.05) is 0 Å². The first kappa shape index (κ1) is 12.5. The summed E-state index contributed by atoms with van der Waals surface area (Å²) in [5.41, 5.74) is 1.17. The van der Waals surface area contributed by atoms with E-state index in [-0.39, 0.29) is 0 Å². The van der Waals surface area contributed by atoms with Crippen molar-refractivity contribution in [1.29, 1.82) is 0 Å². The average molecular weight is 218 g/mol. The molecule has 16 heavy (non-hydrogen) atoms. The van der Waals surface area contributed by atoms with Crippen molar-refractivity contribution < 1.29 is 9.90 Å². The molecule has 1 N–H and O–H groups in total. The molecule has 0 aliphatic rings. The van der Waals surface area contributed by atoms with Gasteiger partial charge in [0.25, 0.3) is 0 Å². The van der Waals surface area contributed by atoms with Gasteiger partial charge in [-0.1, -0.05) is 42.8 Å². The van der Waals surface area contributed by atoms with Gasteiger partial charge in [-0.25, -0.2) is 0 Å². The molecule has 0 aliphatic carbocycles. The van der Waals surface area contributed by atoms with Gasteiger partial charge < -0.3 is 5.11 Å². The van der Waals surface area contributed by atoms with E-state index in [0.717, 1.165) is 11.1 Å². The van der Waals surface area contributed by atoms with E-state index < -0.39 is 11.4 Å². The predicted octanol–water partition coefficient (Wildman–Crippen LogP) is 3.30. The quantitative estimate of drug-likeness (QED) is 0.770. The van der Waals surface area contributed by atoms with Gasteiger partial charge in [-0.15, -0.1) is 6.58 Å². The molecule has 0 amide bonds. The molecule has 86 valence electrons. The minimum absolute atomic E-state index is 0.460. The summed E-state index contributed by atoms with van der Waals surface area (Å²) in [5, 5.41) is 9.43. The number of carboxylic acids is 1. The van der Waals surface area contributed by atoms with Crippen LogP contribution in [0.3, 0.4) is 0 Å². The summed E-state index contributed by atoms with van der Waals surface area (Å²) in [4.78, 5) is 11.5. The van der Waals surface area contributed by atoms with Crippen LogP contribution < -0.4 is 0 Å². The zero-order chi connectivity index (χ0) is 12.2. The van der Waals surface area contributed by atoms with Crippen LogP contribution in [0.25, 0.3) is 0 Å². The second-order valence-electron chi connectivity index (χ2n) is 4.10. The van der Waals surface area contributed by atoms with E-state index in [1.54, 1.807) is 6.08 Å². The molecule has 0 radical (unpaired) electrons. The Morgan fingerprint density at radius 1 is 1.44 bits per heavy atom. The van der Waals surface area contributed by atoms with Gasteiger partial charge in [-0.3, -0.25) is 4.79 Å². The van der Waals surface area contributed by atoms with Gasteiger partial charge in [-0.2, -0.15) is 0 Å². The highest BCUT2D eigenvalue weighted by molar-refractivity contribution is 5.81. The Labute approximate surface area is 96.6 Å². The highest BCUT2D eigenvalue weighted by Crippen LogP contribution is 2.32. The highest BCUT2D eigenvalue weighted by atomic mass is 16.4. The topological polar surface area (TPSA) is 37.3 Å². The van der Waals surface area contributed by atoms with E-state index in [1.165, 1.54) is 0 Å². The zero-order valence-electron chi connectivity index (χ0n) is 9.86. The van der Waals surface area contributed by atoms with E-state index >= 15 is 0 Å². The average Bonchev–Trinajstić information content (AvgIpc) is 2.27. The first-order valence-electron chi connectivity index (χ1n) is 5.48. The Morgan fingerprint density at radius 2 is 2.00 bits per heavy atom. The Balaban J connectivity index is 3.23. The SMILES string of the molecule is C=CCC(CC)(C(=O)O)c1ccc(C)cc1. The van der Waals surface area contributed by atoms with E-state index in [1.807, 2.05) is 38.1 Å². The molecule has 1 rings (SSSR count). The molecule has 0 aliphatic heterocycles. The van der Waals surface area contributed by atoms with Crippen molar-refractivity contribution in [3.8, 4) is 0 Å². The van der Waals surface area contributed by atoms with Crippen molar-refractivity contribution in [3.05, 3.63) is 48.0 Å².